The summed E-state index contributed by atoms with van der Waals surface area (Å²) in [6.07, 6.45) is 0.891. The van der Waals surface area contributed by atoms with Crippen LogP contribution in [0.2, 0.25) is 0 Å². The normalized spacial score (nSPS) is 13.9. The van der Waals surface area contributed by atoms with E-state index in [2.05, 4.69) is 27.2 Å². The number of methoxy groups -OCH3 is 1. The molecule has 0 saturated carbocycles. The van der Waals surface area contributed by atoms with E-state index < -0.39 is 0 Å². The molecule has 192 valence electrons. The fourth-order valence-electron chi connectivity index (χ4n) is 4.15. The predicted molar refractivity (Wildman–Crippen MR) is 139 cm³/mol. The van der Waals surface area contributed by atoms with Crippen LogP contribution >= 0.6 is 0 Å². The van der Waals surface area contributed by atoms with Gasteiger partial charge in [0.15, 0.2) is 11.5 Å². The second kappa shape index (κ2) is 13.7. The van der Waals surface area contributed by atoms with Crippen molar-refractivity contribution in [1.29, 1.82) is 0 Å². The summed E-state index contributed by atoms with van der Waals surface area (Å²) in [7, 11) is 1.69. The van der Waals surface area contributed by atoms with Gasteiger partial charge in [-0.1, -0.05) is 0 Å². The van der Waals surface area contributed by atoms with Crippen molar-refractivity contribution in [1.82, 2.24) is 10.2 Å². The molecule has 1 aliphatic rings. The van der Waals surface area contributed by atoms with E-state index in [9.17, 15) is 4.79 Å². The van der Waals surface area contributed by atoms with Gasteiger partial charge in [0.1, 0.15) is 5.75 Å². The van der Waals surface area contributed by atoms with Crippen LogP contribution in [0, 0.1) is 0 Å². The minimum atomic E-state index is -0.140. The summed E-state index contributed by atoms with van der Waals surface area (Å²) in [5.74, 6) is 2.34. The second-order valence-electron chi connectivity index (χ2n) is 8.24. The van der Waals surface area contributed by atoms with Gasteiger partial charge in [-0.3, -0.25) is 9.69 Å². The van der Waals surface area contributed by atoms with E-state index in [1.807, 2.05) is 32.9 Å². The molecule has 1 heterocycles. The standard InChI is InChI=1S/C27H39N3O5/c1-5-33-24-19-21(20-25(34-6-2)26(24)35-7-3)27(31)28-13-8-14-29-15-17-30(18-16-29)22-9-11-23(32-4)12-10-22/h9-12,19-20H,5-8,13-18H2,1-4H3,(H,28,31). The highest BCUT2D eigenvalue weighted by molar-refractivity contribution is 5.95. The monoisotopic (exact) mass is 485 g/mol. The van der Waals surface area contributed by atoms with Crippen LogP contribution in [0.5, 0.6) is 23.0 Å². The molecule has 0 radical (unpaired) electrons. The molecule has 0 atom stereocenters. The van der Waals surface area contributed by atoms with Gasteiger partial charge in [-0.15, -0.1) is 0 Å². The number of carbonyl (C=O) groups is 1. The van der Waals surface area contributed by atoms with E-state index in [-0.39, 0.29) is 5.91 Å². The summed E-state index contributed by atoms with van der Waals surface area (Å²) in [5.41, 5.74) is 1.74. The van der Waals surface area contributed by atoms with Gasteiger partial charge in [-0.25, -0.2) is 0 Å². The molecule has 1 aliphatic heterocycles. The number of benzene rings is 2. The Kier molecular flexibility index (Phi) is 10.3. The molecule has 0 aliphatic carbocycles. The van der Waals surface area contributed by atoms with Crippen molar-refractivity contribution in [3.8, 4) is 23.0 Å². The first-order valence-corrected chi connectivity index (χ1v) is 12.6. The summed E-state index contributed by atoms with van der Waals surface area (Å²) >= 11 is 0. The lowest BCUT2D eigenvalue weighted by atomic mass is 10.1. The van der Waals surface area contributed by atoms with Crippen molar-refractivity contribution in [3.63, 3.8) is 0 Å². The van der Waals surface area contributed by atoms with E-state index >= 15 is 0 Å². The maximum Gasteiger partial charge on any atom is 0.251 e. The maximum atomic E-state index is 12.8. The lowest BCUT2D eigenvalue weighted by Gasteiger charge is -2.36. The third-order valence-corrected chi connectivity index (χ3v) is 5.92. The number of anilines is 1. The van der Waals surface area contributed by atoms with Crippen LogP contribution in [0.3, 0.4) is 0 Å². The van der Waals surface area contributed by atoms with Crippen LogP contribution in [0.15, 0.2) is 36.4 Å². The highest BCUT2D eigenvalue weighted by Crippen LogP contribution is 2.39. The van der Waals surface area contributed by atoms with Crippen LogP contribution in [-0.2, 0) is 0 Å². The molecule has 2 aromatic rings. The van der Waals surface area contributed by atoms with Gasteiger partial charge < -0.3 is 29.2 Å². The molecule has 8 heteroatoms. The zero-order chi connectivity index (χ0) is 25.0. The van der Waals surface area contributed by atoms with Crippen LogP contribution < -0.4 is 29.2 Å². The Balaban J connectivity index is 1.47. The number of hydrogen-bond acceptors (Lipinski definition) is 7. The fraction of sp³-hybridized carbons (Fsp3) is 0.519. The Hall–Kier alpha value is -3.13. The maximum absolute atomic E-state index is 12.8. The number of carbonyl (C=O) groups excluding carboxylic acids is 1. The van der Waals surface area contributed by atoms with Gasteiger partial charge in [0.2, 0.25) is 5.75 Å². The largest absolute Gasteiger partial charge is 0.497 e. The minimum absolute atomic E-state index is 0.140. The van der Waals surface area contributed by atoms with E-state index in [0.717, 1.165) is 44.9 Å². The molecule has 35 heavy (non-hydrogen) atoms. The van der Waals surface area contributed by atoms with Gasteiger partial charge in [-0.2, -0.15) is 0 Å². The average Bonchev–Trinajstić information content (AvgIpc) is 2.89. The van der Waals surface area contributed by atoms with Crippen molar-refractivity contribution >= 4 is 11.6 Å². The van der Waals surface area contributed by atoms with E-state index in [1.54, 1.807) is 19.2 Å². The average molecular weight is 486 g/mol. The highest BCUT2D eigenvalue weighted by Gasteiger charge is 2.19. The lowest BCUT2D eigenvalue weighted by Crippen LogP contribution is -2.47. The summed E-state index contributed by atoms with van der Waals surface area (Å²) in [5, 5.41) is 3.03. The topological polar surface area (TPSA) is 72.5 Å². The van der Waals surface area contributed by atoms with E-state index in [1.165, 1.54) is 5.69 Å². The fourth-order valence-corrected chi connectivity index (χ4v) is 4.15. The smallest absolute Gasteiger partial charge is 0.251 e. The molecular formula is C27H39N3O5. The number of hydrogen-bond donors (Lipinski definition) is 1. The molecule has 0 bridgehead atoms. The van der Waals surface area contributed by atoms with Gasteiger partial charge in [-0.05, 0) is 70.1 Å². The Labute approximate surface area is 209 Å². The quantitative estimate of drug-likeness (QED) is 0.432. The van der Waals surface area contributed by atoms with E-state index in [0.29, 0.717) is 49.2 Å². The molecule has 2 aromatic carbocycles. The molecular weight excluding hydrogens is 446 g/mol. The number of nitrogens with one attached hydrogen (secondary N) is 1. The zero-order valence-electron chi connectivity index (χ0n) is 21.5. The zero-order valence-corrected chi connectivity index (χ0v) is 21.5. The molecule has 1 saturated heterocycles. The van der Waals surface area contributed by atoms with Crippen molar-refractivity contribution < 1.29 is 23.7 Å². The van der Waals surface area contributed by atoms with Gasteiger partial charge in [0, 0.05) is 44.0 Å². The van der Waals surface area contributed by atoms with Crippen molar-refractivity contribution in [2.24, 2.45) is 0 Å². The van der Waals surface area contributed by atoms with Gasteiger partial charge in [0.05, 0.1) is 26.9 Å². The van der Waals surface area contributed by atoms with Crippen LogP contribution in [0.25, 0.3) is 0 Å². The molecule has 1 N–H and O–H groups in total. The van der Waals surface area contributed by atoms with Gasteiger partial charge >= 0.3 is 0 Å². The number of rotatable bonds is 13. The third-order valence-electron chi connectivity index (χ3n) is 5.92. The lowest BCUT2D eigenvalue weighted by molar-refractivity contribution is 0.0950. The summed E-state index contributed by atoms with van der Waals surface area (Å²) in [6, 6.07) is 11.7. The number of amides is 1. The van der Waals surface area contributed by atoms with Gasteiger partial charge in [0.25, 0.3) is 5.91 Å². The molecule has 8 nitrogen and oxygen atoms in total. The van der Waals surface area contributed by atoms with Crippen molar-refractivity contribution in [2.45, 2.75) is 27.2 Å². The number of piperazine rings is 1. The van der Waals surface area contributed by atoms with Crippen LogP contribution in [0.4, 0.5) is 5.69 Å². The van der Waals surface area contributed by atoms with Crippen molar-refractivity contribution in [2.75, 3.05) is 71.1 Å². The SMILES string of the molecule is CCOc1cc(C(=O)NCCCN2CCN(c3ccc(OC)cc3)CC2)cc(OCC)c1OCC. The van der Waals surface area contributed by atoms with Crippen LogP contribution in [-0.4, -0.2) is 77.0 Å². The second-order valence-corrected chi connectivity index (χ2v) is 8.24. The third kappa shape index (κ3) is 7.42. The molecule has 0 aromatic heterocycles. The molecule has 0 spiro atoms. The number of ether oxygens (including phenoxy) is 4. The Bertz CT molecular complexity index is 900. The predicted octanol–water partition coefficient (Wildman–Crippen LogP) is 3.83. The Morgan fingerprint density at radius 2 is 1.49 bits per heavy atom. The number of nitrogens with zero attached hydrogens (tertiary/aromatic N) is 2. The first-order chi connectivity index (χ1) is 17.1. The Morgan fingerprint density at radius 3 is 2.03 bits per heavy atom. The van der Waals surface area contributed by atoms with Crippen LogP contribution in [0.1, 0.15) is 37.6 Å². The molecule has 0 unspecified atom stereocenters. The first kappa shape index (κ1) is 26.5. The summed E-state index contributed by atoms with van der Waals surface area (Å²) in [6.45, 7) is 12.7. The first-order valence-electron chi connectivity index (χ1n) is 12.6. The Morgan fingerprint density at radius 1 is 0.886 bits per heavy atom. The highest BCUT2D eigenvalue weighted by atomic mass is 16.5. The summed E-state index contributed by atoms with van der Waals surface area (Å²) in [4.78, 5) is 17.7. The van der Waals surface area contributed by atoms with E-state index in [4.69, 9.17) is 18.9 Å². The molecule has 3 rings (SSSR count). The summed E-state index contributed by atoms with van der Waals surface area (Å²) < 4.78 is 22.4. The van der Waals surface area contributed by atoms with Crippen molar-refractivity contribution in [3.05, 3.63) is 42.0 Å². The minimum Gasteiger partial charge on any atom is -0.497 e. The molecule has 1 fully saturated rings. The molecule has 1 amide bonds.